The highest BCUT2D eigenvalue weighted by Gasteiger charge is 2.05. The Labute approximate surface area is 69.6 Å². The van der Waals surface area contributed by atoms with Gasteiger partial charge < -0.3 is 10.4 Å². The lowest BCUT2D eigenvalue weighted by molar-refractivity contribution is -0.742. The first-order valence-corrected chi connectivity index (χ1v) is 3.70. The fourth-order valence-electron chi connectivity index (χ4n) is 1.06. The Kier molecular flexibility index (Phi) is 5.68. The van der Waals surface area contributed by atoms with Crippen molar-refractivity contribution in [3.63, 3.8) is 0 Å². The van der Waals surface area contributed by atoms with E-state index in [-0.39, 0.29) is 0 Å². The smallest absolute Gasteiger partial charge is 0.291 e. The first-order chi connectivity index (χ1) is 5.66. The first kappa shape index (κ1) is 10.7. The third kappa shape index (κ3) is 6.79. The highest BCUT2D eigenvalue weighted by molar-refractivity contribution is 5.84. The minimum Gasteiger partial charge on any atom is -0.411 e. The third-order valence-corrected chi connectivity index (χ3v) is 1.57. The fraction of sp³-hybridized carbons (Fsp3) is 0.833. The zero-order valence-corrected chi connectivity index (χ0v) is 6.64. The van der Waals surface area contributed by atoms with Crippen LogP contribution in [-0.4, -0.2) is 21.2 Å². The summed E-state index contributed by atoms with van der Waals surface area (Å²) in [6.07, 6.45) is 5.74. The monoisotopic (exact) mass is 176 g/mol. The molecule has 0 aromatic heterocycles. The first-order valence-electron chi connectivity index (χ1n) is 3.70. The Hall–Kier alpha value is -1.33. The van der Waals surface area contributed by atoms with Crippen LogP contribution in [0.25, 0.3) is 0 Å². The molecule has 0 heterocycles. The van der Waals surface area contributed by atoms with Gasteiger partial charge in [0.05, 0.1) is 5.71 Å². The van der Waals surface area contributed by atoms with E-state index in [0.717, 1.165) is 18.6 Å². The highest BCUT2D eigenvalue weighted by atomic mass is 16.9. The number of rotatable bonds is 0. The second kappa shape index (κ2) is 6.38. The molecule has 1 fully saturated rings. The van der Waals surface area contributed by atoms with Gasteiger partial charge >= 0.3 is 0 Å². The molecule has 0 saturated heterocycles. The molecule has 0 aliphatic heterocycles. The fourth-order valence-corrected chi connectivity index (χ4v) is 1.06. The van der Waals surface area contributed by atoms with E-state index in [1.165, 1.54) is 19.3 Å². The summed E-state index contributed by atoms with van der Waals surface area (Å²) in [6.45, 7) is 0. The average Bonchev–Trinajstić information content (AvgIpc) is 2.05. The van der Waals surface area contributed by atoms with Crippen molar-refractivity contribution in [1.82, 2.24) is 0 Å². The van der Waals surface area contributed by atoms with E-state index in [4.69, 9.17) is 20.5 Å². The Morgan fingerprint density at radius 3 is 2.00 bits per heavy atom. The molecule has 0 amide bonds. The number of hydrogen-bond acceptors (Lipinski definition) is 4. The molecule has 0 aromatic carbocycles. The summed E-state index contributed by atoms with van der Waals surface area (Å²) in [6, 6.07) is 0. The maximum absolute atomic E-state index is 8.36. The second-order valence-corrected chi connectivity index (χ2v) is 2.46. The molecule has 0 unspecified atom stereocenters. The van der Waals surface area contributed by atoms with E-state index < -0.39 is 5.09 Å². The molecule has 6 heteroatoms. The molecule has 0 radical (unpaired) electrons. The van der Waals surface area contributed by atoms with Gasteiger partial charge in [0.15, 0.2) is 0 Å². The lowest BCUT2D eigenvalue weighted by atomic mass is 9.99. The predicted octanol–water partition coefficient (Wildman–Crippen LogP) is 1.43. The quantitative estimate of drug-likeness (QED) is 0.331. The van der Waals surface area contributed by atoms with Crippen LogP contribution in [0.4, 0.5) is 0 Å². The van der Waals surface area contributed by atoms with Crippen LogP contribution in [0.5, 0.6) is 0 Å². The van der Waals surface area contributed by atoms with Crippen LogP contribution in [-0.2, 0) is 0 Å². The minimum atomic E-state index is -1.50. The molecule has 1 rings (SSSR count). The molecular formula is C6H12N2O4. The van der Waals surface area contributed by atoms with E-state index in [2.05, 4.69) is 5.16 Å². The van der Waals surface area contributed by atoms with Crippen LogP contribution in [0, 0.1) is 10.1 Å². The van der Waals surface area contributed by atoms with E-state index >= 15 is 0 Å². The van der Waals surface area contributed by atoms with Crippen molar-refractivity contribution in [2.24, 2.45) is 5.16 Å². The molecule has 0 spiro atoms. The van der Waals surface area contributed by atoms with Crippen molar-refractivity contribution in [2.45, 2.75) is 32.1 Å². The van der Waals surface area contributed by atoms with Gasteiger partial charge in [-0.1, -0.05) is 11.6 Å². The summed E-state index contributed by atoms with van der Waals surface area (Å²) in [5.74, 6) is 0. The van der Waals surface area contributed by atoms with Gasteiger partial charge in [0.25, 0.3) is 5.09 Å². The molecule has 0 atom stereocenters. The molecule has 1 saturated carbocycles. The highest BCUT2D eigenvalue weighted by Crippen LogP contribution is 2.13. The molecule has 1 aliphatic rings. The van der Waals surface area contributed by atoms with Crippen molar-refractivity contribution in [3.05, 3.63) is 10.1 Å². The summed E-state index contributed by atoms with van der Waals surface area (Å²) < 4.78 is 0. The minimum absolute atomic E-state index is 0.983. The van der Waals surface area contributed by atoms with Crippen LogP contribution < -0.4 is 0 Å². The van der Waals surface area contributed by atoms with Crippen LogP contribution in [0.3, 0.4) is 0 Å². The standard InChI is InChI=1S/C6H11NO.HNO3/c8-7-6-4-2-1-3-5-6;2-1(3)4/h8H,1-5H2;(H,2,3,4). The maximum Gasteiger partial charge on any atom is 0.291 e. The topological polar surface area (TPSA) is 96.0 Å². The largest absolute Gasteiger partial charge is 0.411 e. The maximum atomic E-state index is 8.36. The van der Waals surface area contributed by atoms with Crippen molar-refractivity contribution < 1.29 is 15.5 Å². The lowest BCUT2D eigenvalue weighted by Gasteiger charge is -2.08. The third-order valence-electron chi connectivity index (χ3n) is 1.57. The second-order valence-electron chi connectivity index (χ2n) is 2.46. The van der Waals surface area contributed by atoms with Gasteiger partial charge in [-0.2, -0.15) is 0 Å². The molecule has 1 aliphatic carbocycles. The van der Waals surface area contributed by atoms with Gasteiger partial charge in [0.1, 0.15) is 0 Å². The van der Waals surface area contributed by atoms with Gasteiger partial charge in [-0.05, 0) is 25.7 Å². The van der Waals surface area contributed by atoms with Crippen LogP contribution in [0.1, 0.15) is 32.1 Å². The Balaban J connectivity index is 0.000000261. The number of hydrogen-bond donors (Lipinski definition) is 2. The van der Waals surface area contributed by atoms with E-state index in [1.54, 1.807) is 0 Å². The zero-order valence-electron chi connectivity index (χ0n) is 6.64. The molecule has 2 N–H and O–H groups in total. The summed E-state index contributed by atoms with van der Waals surface area (Å²) in [4.78, 5) is 8.36. The molecule has 6 nitrogen and oxygen atoms in total. The van der Waals surface area contributed by atoms with E-state index in [0.29, 0.717) is 0 Å². The van der Waals surface area contributed by atoms with Gasteiger partial charge in [-0.15, -0.1) is 10.1 Å². The summed E-state index contributed by atoms with van der Waals surface area (Å²) in [5.41, 5.74) is 0.983. The summed E-state index contributed by atoms with van der Waals surface area (Å²) >= 11 is 0. The lowest BCUT2D eigenvalue weighted by Crippen LogP contribution is -2.03. The Morgan fingerprint density at radius 2 is 1.75 bits per heavy atom. The molecule has 0 bridgehead atoms. The molecule has 0 aromatic rings. The van der Waals surface area contributed by atoms with Crippen LogP contribution in [0.2, 0.25) is 0 Å². The van der Waals surface area contributed by atoms with E-state index in [9.17, 15) is 0 Å². The van der Waals surface area contributed by atoms with Crippen molar-refractivity contribution in [3.8, 4) is 0 Å². The normalized spacial score (nSPS) is 15.8. The van der Waals surface area contributed by atoms with Crippen LogP contribution >= 0.6 is 0 Å². The number of oxime groups is 1. The number of nitrogens with zero attached hydrogens (tertiary/aromatic N) is 2. The summed E-state index contributed by atoms with van der Waals surface area (Å²) in [5, 5.41) is 25.1. The van der Waals surface area contributed by atoms with Crippen molar-refractivity contribution in [2.75, 3.05) is 0 Å². The Morgan fingerprint density at radius 1 is 1.33 bits per heavy atom. The molecular weight excluding hydrogens is 164 g/mol. The summed E-state index contributed by atoms with van der Waals surface area (Å²) in [7, 11) is 0. The van der Waals surface area contributed by atoms with Gasteiger partial charge in [0.2, 0.25) is 0 Å². The average molecular weight is 176 g/mol. The molecule has 12 heavy (non-hydrogen) atoms. The van der Waals surface area contributed by atoms with E-state index in [1.807, 2.05) is 0 Å². The van der Waals surface area contributed by atoms with Crippen LogP contribution in [0.15, 0.2) is 5.16 Å². The SMILES string of the molecule is O=[N+]([O-])O.ON=C1CCCCC1. The van der Waals surface area contributed by atoms with Gasteiger partial charge in [-0.25, -0.2) is 0 Å². The van der Waals surface area contributed by atoms with Crippen molar-refractivity contribution >= 4 is 5.71 Å². The Bertz CT molecular complexity index is 157. The predicted molar refractivity (Wildman–Crippen MR) is 41.1 cm³/mol. The molecule has 70 valence electrons. The van der Waals surface area contributed by atoms with Gasteiger partial charge in [-0.3, -0.25) is 0 Å². The van der Waals surface area contributed by atoms with Crippen molar-refractivity contribution in [1.29, 1.82) is 0 Å². The van der Waals surface area contributed by atoms with Gasteiger partial charge in [0, 0.05) is 0 Å². The zero-order chi connectivity index (χ0) is 9.40.